The maximum atomic E-state index is 11.6. The fourth-order valence-electron chi connectivity index (χ4n) is 1.42. The van der Waals surface area contributed by atoms with Crippen LogP contribution in [0.15, 0.2) is 24.3 Å². The first-order valence-corrected chi connectivity index (χ1v) is 5.55. The molecule has 0 saturated carbocycles. The Balaban J connectivity index is 2.41. The number of hydrogen-bond acceptors (Lipinski definition) is 2. The van der Waals surface area contributed by atoms with Gasteiger partial charge in [0.05, 0.1) is 13.5 Å². The number of hydrogen-bond donors (Lipinski definition) is 1. The van der Waals surface area contributed by atoms with E-state index >= 15 is 0 Å². The van der Waals surface area contributed by atoms with Gasteiger partial charge in [0.1, 0.15) is 5.75 Å². The fourth-order valence-corrected chi connectivity index (χ4v) is 1.42. The minimum atomic E-state index is 0.0103. The Morgan fingerprint density at radius 1 is 1.47 bits per heavy atom. The Kier molecular flexibility index (Phi) is 5.67. The standard InChI is InChI=1S/C14H17NO2/c1-3-4-5-9-15-14(16)11-12-7-6-8-13(10-12)17-2/h6-8,10H,5,9,11H2,1-2H3,(H,15,16). The van der Waals surface area contributed by atoms with Crippen LogP contribution in [-0.2, 0) is 11.2 Å². The van der Waals surface area contributed by atoms with E-state index in [0.717, 1.165) is 11.3 Å². The Labute approximate surface area is 102 Å². The topological polar surface area (TPSA) is 38.3 Å². The van der Waals surface area contributed by atoms with E-state index in [0.29, 0.717) is 19.4 Å². The van der Waals surface area contributed by atoms with E-state index in [1.807, 2.05) is 24.3 Å². The third kappa shape index (κ3) is 5.07. The summed E-state index contributed by atoms with van der Waals surface area (Å²) in [6.07, 6.45) is 1.07. The number of rotatable bonds is 5. The van der Waals surface area contributed by atoms with Gasteiger partial charge in [0, 0.05) is 13.0 Å². The van der Waals surface area contributed by atoms with E-state index in [-0.39, 0.29) is 5.91 Å². The van der Waals surface area contributed by atoms with Crippen LogP contribution < -0.4 is 10.1 Å². The highest BCUT2D eigenvalue weighted by atomic mass is 16.5. The molecule has 0 unspecified atom stereocenters. The molecule has 1 amide bonds. The lowest BCUT2D eigenvalue weighted by molar-refractivity contribution is -0.120. The summed E-state index contributed by atoms with van der Waals surface area (Å²) < 4.78 is 5.10. The van der Waals surface area contributed by atoms with Gasteiger partial charge in [-0.2, -0.15) is 0 Å². The van der Waals surface area contributed by atoms with Gasteiger partial charge in [-0.25, -0.2) is 0 Å². The van der Waals surface area contributed by atoms with Crippen LogP contribution >= 0.6 is 0 Å². The summed E-state index contributed by atoms with van der Waals surface area (Å²) in [6, 6.07) is 7.52. The molecule has 1 rings (SSSR count). The van der Waals surface area contributed by atoms with Crippen molar-refractivity contribution in [3.05, 3.63) is 29.8 Å². The molecular weight excluding hydrogens is 214 g/mol. The third-order valence-corrected chi connectivity index (χ3v) is 2.25. The fraction of sp³-hybridized carbons (Fsp3) is 0.357. The summed E-state index contributed by atoms with van der Waals surface area (Å²) in [4.78, 5) is 11.6. The third-order valence-electron chi connectivity index (χ3n) is 2.25. The molecule has 0 aromatic heterocycles. The first kappa shape index (κ1) is 13.1. The van der Waals surface area contributed by atoms with Crippen LogP contribution in [0.1, 0.15) is 18.9 Å². The van der Waals surface area contributed by atoms with Crippen LogP contribution in [0.4, 0.5) is 0 Å². The van der Waals surface area contributed by atoms with E-state index in [9.17, 15) is 4.79 Å². The molecule has 0 atom stereocenters. The van der Waals surface area contributed by atoms with Gasteiger partial charge in [0.15, 0.2) is 0 Å². The Morgan fingerprint density at radius 2 is 2.29 bits per heavy atom. The molecule has 0 saturated heterocycles. The van der Waals surface area contributed by atoms with Crippen molar-refractivity contribution in [2.24, 2.45) is 0 Å². The smallest absolute Gasteiger partial charge is 0.224 e. The van der Waals surface area contributed by atoms with E-state index < -0.39 is 0 Å². The lowest BCUT2D eigenvalue weighted by atomic mass is 10.1. The highest BCUT2D eigenvalue weighted by Gasteiger charge is 2.03. The molecule has 1 aromatic rings. The van der Waals surface area contributed by atoms with E-state index in [1.54, 1.807) is 14.0 Å². The summed E-state index contributed by atoms with van der Waals surface area (Å²) in [5.74, 6) is 6.47. The number of nitrogens with one attached hydrogen (secondary N) is 1. The van der Waals surface area contributed by atoms with Crippen LogP contribution in [0.3, 0.4) is 0 Å². The maximum Gasteiger partial charge on any atom is 0.224 e. The van der Waals surface area contributed by atoms with Gasteiger partial charge in [0.25, 0.3) is 0 Å². The van der Waals surface area contributed by atoms with Gasteiger partial charge in [-0.05, 0) is 24.6 Å². The molecule has 3 nitrogen and oxygen atoms in total. The van der Waals surface area contributed by atoms with E-state index in [4.69, 9.17) is 4.74 Å². The van der Waals surface area contributed by atoms with Crippen molar-refractivity contribution in [3.8, 4) is 17.6 Å². The number of benzene rings is 1. The minimum Gasteiger partial charge on any atom is -0.497 e. The minimum absolute atomic E-state index is 0.0103. The van der Waals surface area contributed by atoms with Gasteiger partial charge in [-0.3, -0.25) is 4.79 Å². The van der Waals surface area contributed by atoms with Crippen molar-refractivity contribution in [1.82, 2.24) is 5.32 Å². The SMILES string of the molecule is CC#CCCNC(=O)Cc1cccc(OC)c1. The first-order valence-electron chi connectivity index (χ1n) is 5.55. The van der Waals surface area contributed by atoms with Gasteiger partial charge >= 0.3 is 0 Å². The molecule has 0 fully saturated rings. The monoisotopic (exact) mass is 231 g/mol. The van der Waals surface area contributed by atoms with Gasteiger partial charge in [-0.1, -0.05) is 12.1 Å². The summed E-state index contributed by atoms with van der Waals surface area (Å²) in [5, 5.41) is 2.82. The Hall–Kier alpha value is -1.95. The highest BCUT2D eigenvalue weighted by Crippen LogP contribution is 2.12. The van der Waals surface area contributed by atoms with Crippen molar-refractivity contribution >= 4 is 5.91 Å². The van der Waals surface area contributed by atoms with Crippen molar-refractivity contribution in [3.63, 3.8) is 0 Å². The molecule has 90 valence electrons. The largest absolute Gasteiger partial charge is 0.497 e. The second-order valence-electron chi connectivity index (χ2n) is 3.56. The van der Waals surface area contributed by atoms with E-state index in [1.165, 1.54) is 0 Å². The van der Waals surface area contributed by atoms with Crippen molar-refractivity contribution in [2.45, 2.75) is 19.8 Å². The zero-order valence-corrected chi connectivity index (χ0v) is 10.2. The quantitative estimate of drug-likeness (QED) is 0.619. The second-order valence-corrected chi connectivity index (χ2v) is 3.56. The summed E-state index contributed by atoms with van der Waals surface area (Å²) in [7, 11) is 1.61. The predicted molar refractivity (Wildman–Crippen MR) is 67.8 cm³/mol. The van der Waals surface area contributed by atoms with Crippen molar-refractivity contribution < 1.29 is 9.53 Å². The lowest BCUT2D eigenvalue weighted by Gasteiger charge is -2.05. The number of amides is 1. The first-order chi connectivity index (χ1) is 8.26. The van der Waals surface area contributed by atoms with Crippen LogP contribution in [0.2, 0.25) is 0 Å². The molecular formula is C14H17NO2. The number of carbonyl (C=O) groups is 1. The number of methoxy groups -OCH3 is 1. The van der Waals surface area contributed by atoms with Gasteiger partial charge in [0.2, 0.25) is 5.91 Å². The molecule has 17 heavy (non-hydrogen) atoms. The van der Waals surface area contributed by atoms with Crippen LogP contribution in [0.25, 0.3) is 0 Å². The Morgan fingerprint density at radius 3 is 3.00 bits per heavy atom. The summed E-state index contributed by atoms with van der Waals surface area (Å²) in [6.45, 7) is 2.39. The molecule has 1 aromatic carbocycles. The van der Waals surface area contributed by atoms with Gasteiger partial charge in [-0.15, -0.1) is 11.8 Å². The average Bonchev–Trinajstić information content (AvgIpc) is 2.35. The van der Waals surface area contributed by atoms with Crippen molar-refractivity contribution in [1.29, 1.82) is 0 Å². The van der Waals surface area contributed by atoms with E-state index in [2.05, 4.69) is 17.2 Å². The normalized spacial score (nSPS) is 9.06. The number of carbonyl (C=O) groups excluding carboxylic acids is 1. The van der Waals surface area contributed by atoms with Crippen LogP contribution in [-0.4, -0.2) is 19.6 Å². The van der Waals surface area contributed by atoms with Crippen LogP contribution in [0.5, 0.6) is 5.75 Å². The molecule has 0 bridgehead atoms. The molecule has 3 heteroatoms. The second kappa shape index (κ2) is 7.34. The molecule has 0 aliphatic heterocycles. The zero-order chi connectivity index (χ0) is 12.5. The molecule has 0 aliphatic rings. The average molecular weight is 231 g/mol. The summed E-state index contributed by atoms with van der Waals surface area (Å²) in [5.41, 5.74) is 0.948. The molecule has 0 radical (unpaired) electrons. The predicted octanol–water partition coefficient (Wildman–Crippen LogP) is 1.77. The zero-order valence-electron chi connectivity index (χ0n) is 10.2. The lowest BCUT2D eigenvalue weighted by Crippen LogP contribution is -2.25. The molecule has 0 heterocycles. The summed E-state index contributed by atoms with van der Waals surface area (Å²) >= 11 is 0. The highest BCUT2D eigenvalue weighted by molar-refractivity contribution is 5.78. The molecule has 0 spiro atoms. The van der Waals surface area contributed by atoms with Crippen LogP contribution in [0, 0.1) is 11.8 Å². The van der Waals surface area contributed by atoms with Crippen molar-refractivity contribution in [2.75, 3.05) is 13.7 Å². The maximum absolute atomic E-state index is 11.6. The Bertz CT molecular complexity index is 429. The number of ether oxygens (including phenoxy) is 1. The molecule has 1 N–H and O–H groups in total. The van der Waals surface area contributed by atoms with Gasteiger partial charge < -0.3 is 10.1 Å². The molecule has 0 aliphatic carbocycles.